The summed E-state index contributed by atoms with van der Waals surface area (Å²) in [6.07, 6.45) is 2.41. The van der Waals surface area contributed by atoms with Crippen molar-refractivity contribution in [2.45, 2.75) is 32.7 Å². The molecule has 2 atom stereocenters. The van der Waals surface area contributed by atoms with Crippen LogP contribution in [0.25, 0.3) is 0 Å². The lowest BCUT2D eigenvalue weighted by molar-refractivity contribution is 0.173. The van der Waals surface area contributed by atoms with Gasteiger partial charge in [0.2, 0.25) is 0 Å². The summed E-state index contributed by atoms with van der Waals surface area (Å²) in [5.74, 6) is 0.779. The Bertz CT molecular complexity index is 191. The lowest BCUT2D eigenvalue weighted by atomic mass is 9.74. The van der Waals surface area contributed by atoms with Crippen LogP contribution in [0.15, 0.2) is 0 Å². The zero-order chi connectivity index (χ0) is 11.5. The van der Waals surface area contributed by atoms with Crippen molar-refractivity contribution in [1.29, 1.82) is 0 Å². The molecule has 1 aliphatic heterocycles. The maximum absolute atomic E-state index is 5.69. The van der Waals surface area contributed by atoms with Gasteiger partial charge in [0, 0.05) is 12.6 Å². The fourth-order valence-electron chi connectivity index (χ4n) is 3.03. The molecule has 1 rings (SSSR count). The van der Waals surface area contributed by atoms with Crippen LogP contribution in [0, 0.1) is 11.3 Å². The fourth-order valence-corrected chi connectivity index (χ4v) is 3.03. The van der Waals surface area contributed by atoms with Gasteiger partial charge in [-0.3, -0.25) is 0 Å². The molecule has 0 aliphatic carbocycles. The molecule has 3 N–H and O–H groups in total. The highest BCUT2D eigenvalue weighted by Gasteiger charge is 2.36. The predicted octanol–water partition coefficient (Wildman–Crippen LogP) is 0.901. The van der Waals surface area contributed by atoms with Gasteiger partial charge in [-0.05, 0) is 51.4 Å². The molecular formula is C12H27N3. The van der Waals surface area contributed by atoms with Crippen LogP contribution < -0.4 is 11.1 Å². The number of hydrogen-bond acceptors (Lipinski definition) is 3. The van der Waals surface area contributed by atoms with Crippen LogP contribution in [-0.2, 0) is 0 Å². The average Bonchev–Trinajstić information content (AvgIpc) is 2.52. The van der Waals surface area contributed by atoms with Gasteiger partial charge in [-0.1, -0.05) is 13.8 Å². The van der Waals surface area contributed by atoms with Crippen LogP contribution in [0.3, 0.4) is 0 Å². The third-order valence-electron chi connectivity index (χ3n) is 3.84. The first-order chi connectivity index (χ1) is 7.01. The van der Waals surface area contributed by atoms with E-state index in [-0.39, 0.29) is 0 Å². The summed E-state index contributed by atoms with van der Waals surface area (Å²) in [7, 11) is 4.30. The number of likely N-dealkylation sites (tertiary alicyclic amines) is 1. The quantitative estimate of drug-likeness (QED) is 0.713. The summed E-state index contributed by atoms with van der Waals surface area (Å²) in [6, 6.07) is 0.589. The van der Waals surface area contributed by atoms with Crippen molar-refractivity contribution in [2.24, 2.45) is 17.1 Å². The van der Waals surface area contributed by atoms with Gasteiger partial charge in [-0.15, -0.1) is 0 Å². The van der Waals surface area contributed by atoms with E-state index in [2.05, 4.69) is 38.2 Å². The van der Waals surface area contributed by atoms with Crippen LogP contribution in [-0.4, -0.2) is 44.7 Å². The van der Waals surface area contributed by atoms with E-state index in [1.54, 1.807) is 0 Å². The summed E-state index contributed by atoms with van der Waals surface area (Å²) in [4.78, 5) is 2.42. The van der Waals surface area contributed by atoms with E-state index >= 15 is 0 Å². The molecule has 0 aromatic heterocycles. The molecule has 90 valence electrons. The number of nitrogens with zero attached hydrogens (tertiary/aromatic N) is 1. The van der Waals surface area contributed by atoms with Gasteiger partial charge >= 0.3 is 0 Å². The number of hydrogen-bond donors (Lipinski definition) is 2. The third kappa shape index (κ3) is 3.16. The zero-order valence-electron chi connectivity index (χ0n) is 10.7. The SMILES string of the molecule is CNC(C1CCN(C)C1)C(C)(C)CCN. The Kier molecular flexibility index (Phi) is 4.56. The highest BCUT2D eigenvalue weighted by molar-refractivity contribution is 4.92. The summed E-state index contributed by atoms with van der Waals surface area (Å²) < 4.78 is 0. The fraction of sp³-hybridized carbons (Fsp3) is 1.00. The number of nitrogens with one attached hydrogen (secondary N) is 1. The van der Waals surface area contributed by atoms with Crippen LogP contribution in [0.5, 0.6) is 0 Å². The Morgan fingerprint density at radius 1 is 1.53 bits per heavy atom. The molecule has 1 heterocycles. The van der Waals surface area contributed by atoms with E-state index in [1.165, 1.54) is 19.5 Å². The molecule has 3 heteroatoms. The first kappa shape index (κ1) is 12.9. The van der Waals surface area contributed by atoms with Gasteiger partial charge in [0.15, 0.2) is 0 Å². The molecule has 0 amide bonds. The number of rotatable bonds is 5. The monoisotopic (exact) mass is 213 g/mol. The standard InChI is InChI=1S/C12H27N3/c1-12(2,6-7-13)11(14-3)10-5-8-15(4)9-10/h10-11,14H,5-9,13H2,1-4H3. The van der Waals surface area contributed by atoms with Gasteiger partial charge in [0.1, 0.15) is 0 Å². The minimum atomic E-state index is 0.305. The molecule has 0 radical (unpaired) electrons. The Hall–Kier alpha value is -0.120. The van der Waals surface area contributed by atoms with Gasteiger partial charge in [0.25, 0.3) is 0 Å². The maximum atomic E-state index is 5.69. The van der Waals surface area contributed by atoms with Crippen LogP contribution in [0.1, 0.15) is 26.7 Å². The molecule has 1 fully saturated rings. The second-order valence-corrected chi connectivity index (χ2v) is 5.60. The molecule has 3 nitrogen and oxygen atoms in total. The van der Waals surface area contributed by atoms with E-state index < -0.39 is 0 Å². The van der Waals surface area contributed by atoms with Gasteiger partial charge in [-0.25, -0.2) is 0 Å². The van der Waals surface area contributed by atoms with Crippen LogP contribution in [0.2, 0.25) is 0 Å². The van der Waals surface area contributed by atoms with E-state index in [1.807, 2.05) is 0 Å². The minimum absolute atomic E-state index is 0.305. The highest BCUT2D eigenvalue weighted by atomic mass is 15.1. The van der Waals surface area contributed by atoms with E-state index in [0.717, 1.165) is 18.9 Å². The molecular weight excluding hydrogens is 186 g/mol. The summed E-state index contributed by atoms with van der Waals surface area (Å²) >= 11 is 0. The van der Waals surface area contributed by atoms with Crippen molar-refractivity contribution < 1.29 is 0 Å². The van der Waals surface area contributed by atoms with Crippen LogP contribution in [0.4, 0.5) is 0 Å². The van der Waals surface area contributed by atoms with Crippen molar-refractivity contribution in [3.05, 3.63) is 0 Å². The topological polar surface area (TPSA) is 41.3 Å². The first-order valence-corrected chi connectivity index (χ1v) is 6.07. The molecule has 0 aromatic carbocycles. The maximum Gasteiger partial charge on any atom is 0.0157 e. The molecule has 1 aliphatic rings. The lowest BCUT2D eigenvalue weighted by Crippen LogP contribution is -2.47. The second-order valence-electron chi connectivity index (χ2n) is 5.60. The molecule has 0 saturated carbocycles. The van der Waals surface area contributed by atoms with Crippen LogP contribution >= 0.6 is 0 Å². The van der Waals surface area contributed by atoms with E-state index in [0.29, 0.717) is 11.5 Å². The summed E-state index contributed by atoms with van der Waals surface area (Å²) in [5, 5.41) is 3.51. The van der Waals surface area contributed by atoms with Crippen molar-refractivity contribution in [3.63, 3.8) is 0 Å². The largest absolute Gasteiger partial charge is 0.330 e. The minimum Gasteiger partial charge on any atom is -0.330 e. The molecule has 2 unspecified atom stereocenters. The Balaban J connectivity index is 2.61. The Morgan fingerprint density at radius 3 is 2.60 bits per heavy atom. The molecule has 15 heavy (non-hydrogen) atoms. The Morgan fingerprint density at radius 2 is 2.20 bits per heavy atom. The van der Waals surface area contributed by atoms with Crippen molar-refractivity contribution in [2.75, 3.05) is 33.7 Å². The first-order valence-electron chi connectivity index (χ1n) is 6.07. The van der Waals surface area contributed by atoms with Gasteiger partial charge < -0.3 is 16.0 Å². The predicted molar refractivity (Wildman–Crippen MR) is 65.9 cm³/mol. The van der Waals surface area contributed by atoms with Crippen molar-refractivity contribution in [1.82, 2.24) is 10.2 Å². The zero-order valence-corrected chi connectivity index (χ0v) is 10.7. The second kappa shape index (κ2) is 5.28. The molecule has 0 aromatic rings. The molecule has 0 spiro atoms. The normalized spacial score (nSPS) is 25.8. The molecule has 0 bridgehead atoms. The highest BCUT2D eigenvalue weighted by Crippen LogP contribution is 2.33. The van der Waals surface area contributed by atoms with E-state index in [4.69, 9.17) is 5.73 Å². The smallest absolute Gasteiger partial charge is 0.0157 e. The van der Waals surface area contributed by atoms with Gasteiger partial charge in [0.05, 0.1) is 0 Å². The van der Waals surface area contributed by atoms with Crippen molar-refractivity contribution in [3.8, 4) is 0 Å². The third-order valence-corrected chi connectivity index (χ3v) is 3.84. The van der Waals surface area contributed by atoms with Crippen molar-refractivity contribution >= 4 is 0 Å². The summed E-state index contributed by atoms with van der Waals surface area (Å²) in [5.41, 5.74) is 6.00. The lowest BCUT2D eigenvalue weighted by Gasteiger charge is -2.38. The number of nitrogens with two attached hydrogens (primary N) is 1. The average molecular weight is 213 g/mol. The Labute approximate surface area is 94.4 Å². The van der Waals surface area contributed by atoms with E-state index in [9.17, 15) is 0 Å². The van der Waals surface area contributed by atoms with Gasteiger partial charge in [-0.2, -0.15) is 0 Å². The molecule has 1 saturated heterocycles. The summed E-state index contributed by atoms with van der Waals surface area (Å²) in [6.45, 7) is 7.91.